The van der Waals surface area contributed by atoms with Gasteiger partial charge in [-0.15, -0.1) is 0 Å². The van der Waals surface area contributed by atoms with Crippen LogP contribution in [0, 0.1) is 10.1 Å². The quantitative estimate of drug-likeness (QED) is 0.392. The number of phenolic OH excluding ortho intramolecular Hbond substituents is 1. The number of carbonyl (C=O) groups is 1. The lowest BCUT2D eigenvalue weighted by Crippen LogP contribution is -2.07. The van der Waals surface area contributed by atoms with Gasteiger partial charge >= 0.3 is 5.00 Å². The highest BCUT2D eigenvalue weighted by molar-refractivity contribution is 7.16. The molecule has 1 aromatic carbocycles. The Kier molecular flexibility index (Phi) is 4.11. The molecule has 0 saturated carbocycles. The number of nitrogens with one attached hydrogen (secondary N) is 1. The van der Waals surface area contributed by atoms with Crippen LogP contribution in [0.5, 0.6) is 5.75 Å². The van der Waals surface area contributed by atoms with Gasteiger partial charge < -0.3 is 10.4 Å². The van der Waals surface area contributed by atoms with Crippen molar-refractivity contribution in [1.29, 1.82) is 0 Å². The van der Waals surface area contributed by atoms with Crippen molar-refractivity contribution >= 4 is 34.0 Å². The van der Waals surface area contributed by atoms with Gasteiger partial charge in [0, 0.05) is 17.0 Å². The molecule has 0 spiro atoms. The molecule has 0 aliphatic heterocycles. The van der Waals surface area contributed by atoms with Gasteiger partial charge in [0.2, 0.25) is 5.91 Å². The normalized spacial score (nSPS) is 10.6. The van der Waals surface area contributed by atoms with Crippen molar-refractivity contribution in [2.24, 2.45) is 0 Å². The summed E-state index contributed by atoms with van der Waals surface area (Å²) in [7, 11) is 0. The summed E-state index contributed by atoms with van der Waals surface area (Å²) in [6, 6.07) is 9.30. The highest BCUT2D eigenvalue weighted by Crippen LogP contribution is 2.25. The number of nitro groups is 1. The van der Waals surface area contributed by atoms with E-state index in [9.17, 15) is 20.0 Å². The SMILES string of the molecule is O=C(/C=C/c1ccc([N+](=O)[O-])s1)Nc1ccccc1O. The molecule has 0 bridgehead atoms. The number of amides is 1. The molecular formula is C13H10N2O4S. The Balaban J connectivity index is 2.02. The zero-order chi connectivity index (χ0) is 14.5. The molecule has 2 rings (SSSR count). The molecule has 0 radical (unpaired) electrons. The smallest absolute Gasteiger partial charge is 0.324 e. The summed E-state index contributed by atoms with van der Waals surface area (Å²) in [5, 5.41) is 22.5. The third-order valence-electron chi connectivity index (χ3n) is 2.35. The van der Waals surface area contributed by atoms with Crippen molar-refractivity contribution in [3.63, 3.8) is 0 Å². The van der Waals surface area contributed by atoms with Gasteiger partial charge in [-0.3, -0.25) is 14.9 Å². The third kappa shape index (κ3) is 3.42. The summed E-state index contributed by atoms with van der Waals surface area (Å²) in [6.07, 6.45) is 2.73. The number of aromatic hydroxyl groups is 1. The van der Waals surface area contributed by atoms with Crippen LogP contribution in [0.15, 0.2) is 42.5 Å². The Labute approximate surface area is 118 Å². The second kappa shape index (κ2) is 5.98. The molecule has 0 unspecified atom stereocenters. The Morgan fingerprint density at radius 3 is 2.70 bits per heavy atom. The molecule has 102 valence electrons. The summed E-state index contributed by atoms with van der Waals surface area (Å²) in [5.41, 5.74) is 0.305. The minimum Gasteiger partial charge on any atom is -0.506 e. The summed E-state index contributed by atoms with van der Waals surface area (Å²) >= 11 is 0.977. The number of nitrogens with zero attached hydrogens (tertiary/aromatic N) is 1. The van der Waals surface area contributed by atoms with E-state index in [4.69, 9.17) is 0 Å². The maximum atomic E-state index is 11.6. The van der Waals surface area contributed by atoms with E-state index in [1.807, 2.05) is 0 Å². The molecule has 2 N–H and O–H groups in total. The van der Waals surface area contributed by atoms with Crippen LogP contribution in [-0.4, -0.2) is 15.9 Å². The van der Waals surface area contributed by atoms with Crippen molar-refractivity contribution < 1.29 is 14.8 Å². The van der Waals surface area contributed by atoms with Gasteiger partial charge in [-0.2, -0.15) is 0 Å². The van der Waals surface area contributed by atoms with Gasteiger partial charge in [-0.25, -0.2) is 0 Å². The molecule has 7 heteroatoms. The van der Waals surface area contributed by atoms with Crippen LogP contribution in [0.1, 0.15) is 4.88 Å². The number of carbonyl (C=O) groups excluding carboxylic acids is 1. The van der Waals surface area contributed by atoms with E-state index in [0.29, 0.717) is 10.6 Å². The molecule has 0 saturated heterocycles. The fraction of sp³-hybridized carbons (Fsp3) is 0. The third-order valence-corrected chi connectivity index (χ3v) is 3.36. The van der Waals surface area contributed by atoms with Crippen LogP contribution in [0.25, 0.3) is 6.08 Å². The second-order valence-corrected chi connectivity index (χ2v) is 4.87. The van der Waals surface area contributed by atoms with Crippen molar-refractivity contribution in [1.82, 2.24) is 0 Å². The molecule has 0 aliphatic carbocycles. The average molecular weight is 290 g/mol. The molecule has 0 atom stereocenters. The molecule has 0 fully saturated rings. The molecule has 2 aromatic rings. The largest absolute Gasteiger partial charge is 0.506 e. The Hall–Kier alpha value is -2.67. The van der Waals surface area contributed by atoms with Gasteiger partial charge in [-0.05, 0) is 24.3 Å². The summed E-state index contributed by atoms with van der Waals surface area (Å²) in [6.45, 7) is 0. The minimum absolute atomic E-state index is 0.0192. The highest BCUT2D eigenvalue weighted by Gasteiger charge is 2.08. The van der Waals surface area contributed by atoms with E-state index in [1.54, 1.807) is 24.3 Å². The number of phenols is 1. The first-order valence-electron chi connectivity index (χ1n) is 5.57. The van der Waals surface area contributed by atoms with E-state index in [2.05, 4.69) is 5.32 Å². The van der Waals surface area contributed by atoms with Crippen LogP contribution in [-0.2, 0) is 4.79 Å². The van der Waals surface area contributed by atoms with E-state index in [-0.39, 0.29) is 10.8 Å². The lowest BCUT2D eigenvalue weighted by atomic mass is 10.3. The average Bonchev–Trinajstić information content (AvgIpc) is 2.88. The van der Waals surface area contributed by atoms with Crippen molar-refractivity contribution in [2.45, 2.75) is 0 Å². The zero-order valence-electron chi connectivity index (χ0n) is 10.1. The number of rotatable bonds is 4. The topological polar surface area (TPSA) is 92.5 Å². The fourth-order valence-corrected chi connectivity index (χ4v) is 2.17. The van der Waals surface area contributed by atoms with E-state index in [0.717, 1.165) is 11.3 Å². The van der Waals surface area contributed by atoms with Crippen LogP contribution >= 0.6 is 11.3 Å². The van der Waals surface area contributed by atoms with Gasteiger partial charge in [0.05, 0.1) is 10.6 Å². The Morgan fingerprint density at radius 2 is 2.05 bits per heavy atom. The number of benzene rings is 1. The number of thiophene rings is 1. The standard InChI is InChI=1S/C13H10N2O4S/c16-11-4-2-1-3-10(11)14-12(17)7-5-9-6-8-13(20-9)15(18)19/h1-8,16H,(H,14,17)/b7-5+. The fourth-order valence-electron chi connectivity index (χ4n) is 1.44. The molecule has 0 aliphatic rings. The second-order valence-electron chi connectivity index (χ2n) is 3.77. The Morgan fingerprint density at radius 1 is 1.30 bits per heavy atom. The lowest BCUT2D eigenvalue weighted by Gasteiger charge is -2.03. The van der Waals surface area contributed by atoms with Gasteiger partial charge in [0.25, 0.3) is 0 Å². The first-order chi connectivity index (χ1) is 9.56. The first kappa shape index (κ1) is 13.8. The number of para-hydroxylation sites is 2. The van der Waals surface area contributed by atoms with E-state index in [1.165, 1.54) is 24.3 Å². The maximum absolute atomic E-state index is 11.6. The first-order valence-corrected chi connectivity index (χ1v) is 6.39. The van der Waals surface area contributed by atoms with Gasteiger partial charge in [-0.1, -0.05) is 23.5 Å². The molecule has 1 aromatic heterocycles. The summed E-state index contributed by atoms with van der Waals surface area (Å²) in [5.74, 6) is -0.455. The van der Waals surface area contributed by atoms with Crippen molar-refractivity contribution in [2.75, 3.05) is 5.32 Å². The predicted molar refractivity (Wildman–Crippen MR) is 76.7 cm³/mol. The van der Waals surface area contributed by atoms with Crippen LogP contribution in [0.4, 0.5) is 10.7 Å². The molecule has 6 nitrogen and oxygen atoms in total. The van der Waals surface area contributed by atoms with Gasteiger partial charge in [0.1, 0.15) is 5.75 Å². The van der Waals surface area contributed by atoms with Crippen LogP contribution in [0.3, 0.4) is 0 Å². The van der Waals surface area contributed by atoms with E-state index >= 15 is 0 Å². The number of hydrogen-bond acceptors (Lipinski definition) is 5. The predicted octanol–water partition coefficient (Wildman–Crippen LogP) is 3.01. The zero-order valence-corrected chi connectivity index (χ0v) is 11.0. The lowest BCUT2D eigenvalue weighted by molar-refractivity contribution is -0.380. The molecular weight excluding hydrogens is 280 g/mol. The molecule has 1 heterocycles. The monoisotopic (exact) mass is 290 g/mol. The maximum Gasteiger partial charge on any atom is 0.324 e. The van der Waals surface area contributed by atoms with Gasteiger partial charge in [0.15, 0.2) is 0 Å². The van der Waals surface area contributed by atoms with Crippen LogP contribution < -0.4 is 5.32 Å². The van der Waals surface area contributed by atoms with Crippen molar-refractivity contribution in [3.8, 4) is 5.75 Å². The highest BCUT2D eigenvalue weighted by atomic mass is 32.1. The minimum atomic E-state index is -0.482. The molecule has 1 amide bonds. The number of hydrogen-bond donors (Lipinski definition) is 2. The molecule has 20 heavy (non-hydrogen) atoms. The summed E-state index contributed by atoms with van der Waals surface area (Å²) < 4.78 is 0. The number of anilines is 1. The van der Waals surface area contributed by atoms with Crippen LogP contribution in [0.2, 0.25) is 0 Å². The summed E-state index contributed by atoms with van der Waals surface area (Å²) in [4.78, 5) is 22.3. The van der Waals surface area contributed by atoms with E-state index < -0.39 is 10.8 Å². The van der Waals surface area contributed by atoms with Crippen molar-refractivity contribution in [3.05, 3.63) is 57.5 Å². The Bertz CT molecular complexity index is 679.